The van der Waals surface area contributed by atoms with Crippen LogP contribution >= 0.6 is 0 Å². The van der Waals surface area contributed by atoms with Gasteiger partial charge in [-0.3, -0.25) is 4.79 Å². The Morgan fingerprint density at radius 3 is 2.81 bits per heavy atom. The first-order valence-corrected chi connectivity index (χ1v) is 4.92. The number of phenolic OH excluding ortho intramolecular Hbond substituents is 2. The summed E-state index contributed by atoms with van der Waals surface area (Å²) in [6.07, 6.45) is 1.78. The van der Waals surface area contributed by atoms with Crippen LogP contribution in [-0.4, -0.2) is 20.6 Å². The van der Waals surface area contributed by atoms with Crippen molar-refractivity contribution in [1.82, 2.24) is 4.57 Å². The lowest BCUT2D eigenvalue weighted by molar-refractivity contribution is 0.102. The molecule has 0 fully saturated rings. The van der Waals surface area contributed by atoms with Gasteiger partial charge in [0.25, 0.3) is 0 Å². The van der Waals surface area contributed by atoms with Crippen molar-refractivity contribution in [3.05, 3.63) is 47.3 Å². The molecule has 2 heterocycles. The summed E-state index contributed by atoms with van der Waals surface area (Å²) in [5.41, 5.74) is 1.55. The lowest BCUT2D eigenvalue weighted by Gasteiger charge is -2.19. The summed E-state index contributed by atoms with van der Waals surface area (Å²) in [5, 5.41) is 19.1. The first-order chi connectivity index (χ1) is 7.68. The maximum atomic E-state index is 12.0. The van der Waals surface area contributed by atoms with Gasteiger partial charge in [-0.05, 0) is 24.3 Å². The van der Waals surface area contributed by atoms with Gasteiger partial charge in [0, 0.05) is 17.3 Å². The van der Waals surface area contributed by atoms with E-state index >= 15 is 0 Å². The van der Waals surface area contributed by atoms with Gasteiger partial charge in [-0.25, -0.2) is 0 Å². The molecular formula is C12H9NO3. The molecule has 0 saturated carbocycles. The van der Waals surface area contributed by atoms with Crippen LogP contribution in [0.1, 0.15) is 21.6 Å². The van der Waals surface area contributed by atoms with Gasteiger partial charge < -0.3 is 14.8 Å². The molecule has 2 aromatic rings. The molecule has 1 aliphatic rings. The van der Waals surface area contributed by atoms with Crippen molar-refractivity contribution in [2.75, 3.05) is 0 Å². The molecule has 0 aliphatic carbocycles. The van der Waals surface area contributed by atoms with Crippen LogP contribution in [0.15, 0.2) is 30.5 Å². The van der Waals surface area contributed by atoms with Crippen molar-refractivity contribution >= 4 is 5.78 Å². The Balaban J connectivity index is 2.28. The lowest BCUT2D eigenvalue weighted by atomic mass is 9.97. The van der Waals surface area contributed by atoms with Gasteiger partial charge in [0.1, 0.15) is 0 Å². The van der Waals surface area contributed by atoms with Gasteiger partial charge in [0.05, 0.1) is 12.2 Å². The van der Waals surface area contributed by atoms with Gasteiger partial charge in [-0.15, -0.1) is 0 Å². The van der Waals surface area contributed by atoms with E-state index in [-0.39, 0.29) is 17.3 Å². The number of aromatic hydroxyl groups is 2. The Bertz CT molecular complexity index is 598. The van der Waals surface area contributed by atoms with E-state index in [0.29, 0.717) is 23.4 Å². The van der Waals surface area contributed by atoms with Gasteiger partial charge in [0.15, 0.2) is 11.5 Å². The average molecular weight is 215 g/mol. The number of hydrogen-bond donors (Lipinski definition) is 2. The standard InChI is InChI=1S/C12H9NO3/c14-10-4-3-7-8(12(10)16)6-13-5-1-2-9(13)11(7)15/h1-5,14,16H,6H2. The zero-order valence-electron chi connectivity index (χ0n) is 8.34. The number of phenols is 2. The van der Waals surface area contributed by atoms with Crippen LogP contribution in [-0.2, 0) is 6.54 Å². The van der Waals surface area contributed by atoms with E-state index < -0.39 is 0 Å². The molecule has 3 rings (SSSR count). The Kier molecular flexibility index (Phi) is 1.63. The normalized spacial score (nSPS) is 13.4. The zero-order chi connectivity index (χ0) is 11.3. The summed E-state index contributed by atoms with van der Waals surface area (Å²) in [6, 6.07) is 6.42. The predicted molar refractivity (Wildman–Crippen MR) is 56.7 cm³/mol. The van der Waals surface area contributed by atoms with Crippen LogP contribution in [0.2, 0.25) is 0 Å². The molecular weight excluding hydrogens is 206 g/mol. The minimum absolute atomic E-state index is 0.124. The molecule has 4 nitrogen and oxygen atoms in total. The highest BCUT2D eigenvalue weighted by molar-refractivity contribution is 6.10. The number of benzene rings is 1. The number of hydrogen-bond acceptors (Lipinski definition) is 3. The van der Waals surface area contributed by atoms with Gasteiger partial charge >= 0.3 is 0 Å². The molecule has 0 amide bonds. The highest BCUT2D eigenvalue weighted by Crippen LogP contribution is 2.35. The number of rotatable bonds is 0. The quantitative estimate of drug-likeness (QED) is 0.558. The highest BCUT2D eigenvalue weighted by Gasteiger charge is 2.25. The van der Waals surface area contributed by atoms with E-state index in [1.165, 1.54) is 6.07 Å². The fourth-order valence-electron chi connectivity index (χ4n) is 2.06. The van der Waals surface area contributed by atoms with Crippen molar-refractivity contribution < 1.29 is 15.0 Å². The Hall–Kier alpha value is -2.23. The molecule has 0 bridgehead atoms. The second-order valence-corrected chi connectivity index (χ2v) is 3.81. The molecule has 1 aromatic carbocycles. The third-order valence-corrected chi connectivity index (χ3v) is 2.90. The molecule has 0 unspecified atom stereocenters. The molecule has 0 saturated heterocycles. The van der Waals surface area contributed by atoms with Crippen molar-refractivity contribution in [2.24, 2.45) is 0 Å². The Labute approximate surface area is 91.4 Å². The summed E-state index contributed by atoms with van der Waals surface area (Å²) in [4.78, 5) is 12.0. The van der Waals surface area contributed by atoms with Crippen molar-refractivity contribution in [1.29, 1.82) is 0 Å². The van der Waals surface area contributed by atoms with E-state index in [9.17, 15) is 15.0 Å². The fraction of sp³-hybridized carbons (Fsp3) is 0.0833. The van der Waals surface area contributed by atoms with Crippen LogP contribution in [0.25, 0.3) is 0 Å². The third kappa shape index (κ3) is 1.01. The SMILES string of the molecule is O=C1c2ccc(O)c(O)c2Cn2cccc21. The monoisotopic (exact) mass is 215 g/mol. The van der Waals surface area contributed by atoms with E-state index in [4.69, 9.17) is 0 Å². The molecule has 2 N–H and O–H groups in total. The van der Waals surface area contributed by atoms with Gasteiger partial charge in [-0.1, -0.05) is 0 Å². The molecule has 0 radical (unpaired) electrons. The van der Waals surface area contributed by atoms with Gasteiger partial charge in [-0.2, -0.15) is 0 Å². The average Bonchev–Trinajstić information content (AvgIpc) is 2.73. The minimum Gasteiger partial charge on any atom is -0.504 e. The molecule has 80 valence electrons. The van der Waals surface area contributed by atoms with Crippen molar-refractivity contribution in [2.45, 2.75) is 6.54 Å². The fourth-order valence-corrected chi connectivity index (χ4v) is 2.06. The smallest absolute Gasteiger partial charge is 0.209 e. The van der Waals surface area contributed by atoms with Crippen LogP contribution in [0, 0.1) is 0 Å². The number of fused-ring (bicyclic) bond motifs is 2. The minimum atomic E-state index is -0.204. The van der Waals surface area contributed by atoms with E-state index in [2.05, 4.69) is 0 Å². The van der Waals surface area contributed by atoms with Crippen LogP contribution in [0.3, 0.4) is 0 Å². The van der Waals surface area contributed by atoms with Crippen molar-refractivity contribution in [3.63, 3.8) is 0 Å². The summed E-state index contributed by atoms with van der Waals surface area (Å²) in [6.45, 7) is 0.406. The molecule has 16 heavy (non-hydrogen) atoms. The second-order valence-electron chi connectivity index (χ2n) is 3.81. The Morgan fingerprint density at radius 1 is 1.19 bits per heavy atom. The number of aromatic nitrogens is 1. The number of ketones is 1. The first-order valence-electron chi connectivity index (χ1n) is 4.92. The number of carbonyl (C=O) groups is 1. The largest absolute Gasteiger partial charge is 0.504 e. The van der Waals surface area contributed by atoms with E-state index in [0.717, 1.165) is 0 Å². The summed E-state index contributed by atoms with van der Waals surface area (Å²) < 4.78 is 1.75. The topological polar surface area (TPSA) is 62.5 Å². The summed E-state index contributed by atoms with van der Waals surface area (Å²) in [7, 11) is 0. The maximum Gasteiger partial charge on any atom is 0.209 e. The number of carbonyl (C=O) groups excluding carboxylic acids is 1. The van der Waals surface area contributed by atoms with E-state index in [1.807, 2.05) is 0 Å². The Morgan fingerprint density at radius 2 is 2.00 bits per heavy atom. The van der Waals surface area contributed by atoms with E-state index in [1.54, 1.807) is 29.0 Å². The molecule has 1 aliphatic heterocycles. The van der Waals surface area contributed by atoms with Crippen LogP contribution in [0.5, 0.6) is 11.5 Å². The first kappa shape index (κ1) is 9.03. The summed E-state index contributed by atoms with van der Waals surface area (Å²) >= 11 is 0. The lowest BCUT2D eigenvalue weighted by Crippen LogP contribution is -2.19. The van der Waals surface area contributed by atoms with Crippen LogP contribution < -0.4 is 0 Å². The van der Waals surface area contributed by atoms with Gasteiger partial charge in [0.2, 0.25) is 5.78 Å². The number of nitrogens with zero attached hydrogens (tertiary/aromatic N) is 1. The molecule has 1 aromatic heterocycles. The van der Waals surface area contributed by atoms with Crippen molar-refractivity contribution in [3.8, 4) is 11.5 Å². The maximum absolute atomic E-state index is 12.0. The zero-order valence-corrected chi connectivity index (χ0v) is 8.34. The molecule has 4 heteroatoms. The predicted octanol–water partition coefficient (Wildman–Crippen LogP) is 1.49. The molecule has 0 spiro atoms. The molecule has 0 atom stereocenters. The third-order valence-electron chi connectivity index (χ3n) is 2.90. The second kappa shape index (κ2) is 2.88. The summed E-state index contributed by atoms with van der Waals surface area (Å²) in [5.74, 6) is -0.520. The highest BCUT2D eigenvalue weighted by atomic mass is 16.3. The van der Waals surface area contributed by atoms with Crippen LogP contribution in [0.4, 0.5) is 0 Å².